The van der Waals surface area contributed by atoms with Crippen molar-refractivity contribution in [3.05, 3.63) is 27.7 Å². The average Bonchev–Trinajstić information content (AvgIpc) is 2.62. The van der Waals surface area contributed by atoms with Crippen LogP contribution in [0.4, 0.5) is 0 Å². The van der Waals surface area contributed by atoms with Crippen LogP contribution in [-0.4, -0.2) is 19.7 Å². The quantitative estimate of drug-likeness (QED) is 0.765. The van der Waals surface area contributed by atoms with E-state index in [2.05, 4.69) is 15.1 Å². The van der Waals surface area contributed by atoms with Gasteiger partial charge in [-0.2, -0.15) is 0 Å². The first-order valence-corrected chi connectivity index (χ1v) is 4.96. The highest BCUT2D eigenvalue weighted by Gasteiger charge is 2.01. The molecule has 0 aliphatic rings. The second kappa shape index (κ2) is 3.43. The fourth-order valence-corrected chi connectivity index (χ4v) is 1.87. The number of nitrogens with zero attached hydrogens (tertiary/aromatic N) is 4. The van der Waals surface area contributed by atoms with E-state index in [0.717, 1.165) is 10.7 Å². The van der Waals surface area contributed by atoms with Crippen molar-refractivity contribution in [3.8, 4) is 0 Å². The molecule has 0 aliphatic heterocycles. The van der Waals surface area contributed by atoms with E-state index in [9.17, 15) is 0 Å². The molecule has 6 heteroatoms. The van der Waals surface area contributed by atoms with E-state index in [1.807, 2.05) is 12.3 Å². The standard InChI is InChI=1S/C7H7ClN4S/c1-5-3-13-6(10-5)2-12-4-9-7(8)11-12/h3-4H,2H2,1H3. The van der Waals surface area contributed by atoms with E-state index in [1.165, 1.54) is 0 Å². The summed E-state index contributed by atoms with van der Waals surface area (Å²) >= 11 is 7.18. The molecule has 0 aromatic carbocycles. The molecule has 2 aromatic rings. The summed E-state index contributed by atoms with van der Waals surface area (Å²) in [6, 6.07) is 0. The van der Waals surface area contributed by atoms with E-state index >= 15 is 0 Å². The molecule has 0 aliphatic carbocycles. The van der Waals surface area contributed by atoms with Crippen molar-refractivity contribution in [1.82, 2.24) is 19.7 Å². The summed E-state index contributed by atoms with van der Waals surface area (Å²) in [6.07, 6.45) is 1.60. The molecule has 0 bridgehead atoms. The number of hydrogen-bond acceptors (Lipinski definition) is 4. The summed E-state index contributed by atoms with van der Waals surface area (Å²) in [6.45, 7) is 2.60. The summed E-state index contributed by atoms with van der Waals surface area (Å²) in [4.78, 5) is 8.12. The maximum Gasteiger partial charge on any atom is 0.242 e. The summed E-state index contributed by atoms with van der Waals surface area (Å²) in [5.74, 6) is 0. The van der Waals surface area contributed by atoms with Gasteiger partial charge in [-0.05, 0) is 18.5 Å². The second-order valence-corrected chi connectivity index (χ2v) is 3.87. The van der Waals surface area contributed by atoms with Gasteiger partial charge in [-0.25, -0.2) is 14.6 Å². The third kappa shape index (κ3) is 2.05. The average molecular weight is 215 g/mol. The number of hydrogen-bond donors (Lipinski definition) is 0. The van der Waals surface area contributed by atoms with Crippen LogP contribution in [0.5, 0.6) is 0 Å². The summed E-state index contributed by atoms with van der Waals surface area (Å²) in [5, 5.41) is 7.25. The Kier molecular flexibility index (Phi) is 2.28. The molecule has 4 nitrogen and oxygen atoms in total. The zero-order valence-corrected chi connectivity index (χ0v) is 8.51. The van der Waals surface area contributed by atoms with Gasteiger partial charge in [0.2, 0.25) is 5.28 Å². The van der Waals surface area contributed by atoms with E-state index in [-0.39, 0.29) is 5.28 Å². The highest BCUT2D eigenvalue weighted by atomic mass is 35.5. The Morgan fingerprint density at radius 3 is 3.00 bits per heavy atom. The molecular formula is C7H7ClN4S. The Balaban J connectivity index is 2.14. The topological polar surface area (TPSA) is 43.6 Å². The lowest BCUT2D eigenvalue weighted by Crippen LogP contribution is -1.99. The molecule has 2 heterocycles. The zero-order valence-electron chi connectivity index (χ0n) is 6.94. The molecule has 13 heavy (non-hydrogen) atoms. The number of halogens is 1. The molecule has 0 saturated heterocycles. The van der Waals surface area contributed by atoms with Crippen molar-refractivity contribution in [1.29, 1.82) is 0 Å². The van der Waals surface area contributed by atoms with Gasteiger partial charge in [0.25, 0.3) is 0 Å². The first kappa shape index (κ1) is 8.65. The van der Waals surface area contributed by atoms with Gasteiger partial charge in [-0.3, -0.25) is 0 Å². The Bertz CT molecular complexity index is 370. The Morgan fingerprint density at radius 2 is 2.46 bits per heavy atom. The third-order valence-corrected chi connectivity index (χ3v) is 2.60. The number of thiazole rings is 1. The number of rotatable bonds is 2. The molecular weight excluding hydrogens is 208 g/mol. The van der Waals surface area contributed by atoms with Crippen molar-refractivity contribution < 1.29 is 0 Å². The fourth-order valence-electron chi connectivity index (χ4n) is 0.962. The molecule has 0 amide bonds. The molecule has 0 fully saturated rings. The number of aromatic nitrogens is 4. The van der Waals surface area contributed by atoms with Gasteiger partial charge >= 0.3 is 0 Å². The van der Waals surface area contributed by atoms with Crippen molar-refractivity contribution in [2.24, 2.45) is 0 Å². The Morgan fingerprint density at radius 1 is 1.62 bits per heavy atom. The monoisotopic (exact) mass is 214 g/mol. The van der Waals surface area contributed by atoms with E-state index in [1.54, 1.807) is 22.3 Å². The minimum absolute atomic E-state index is 0.272. The predicted molar refractivity (Wildman–Crippen MR) is 51.0 cm³/mol. The van der Waals surface area contributed by atoms with Crippen LogP contribution in [0.1, 0.15) is 10.7 Å². The van der Waals surface area contributed by atoms with Crippen LogP contribution >= 0.6 is 22.9 Å². The Hall–Kier alpha value is -0.940. The molecule has 2 rings (SSSR count). The first-order chi connectivity index (χ1) is 6.24. The lowest BCUT2D eigenvalue weighted by molar-refractivity contribution is 0.680. The Labute approximate surface area is 84.2 Å². The fraction of sp³-hybridized carbons (Fsp3) is 0.286. The molecule has 0 atom stereocenters. The maximum absolute atomic E-state index is 5.57. The van der Waals surface area contributed by atoms with Crippen LogP contribution in [0, 0.1) is 6.92 Å². The van der Waals surface area contributed by atoms with Gasteiger partial charge in [0, 0.05) is 11.1 Å². The highest BCUT2D eigenvalue weighted by Crippen LogP contribution is 2.10. The largest absolute Gasteiger partial charge is 0.245 e. The van der Waals surface area contributed by atoms with Gasteiger partial charge in [-0.1, -0.05) is 0 Å². The van der Waals surface area contributed by atoms with Crippen molar-refractivity contribution >= 4 is 22.9 Å². The smallest absolute Gasteiger partial charge is 0.242 e. The molecule has 0 N–H and O–H groups in total. The predicted octanol–water partition coefficient (Wildman–Crippen LogP) is 1.74. The van der Waals surface area contributed by atoms with Gasteiger partial charge < -0.3 is 0 Å². The van der Waals surface area contributed by atoms with E-state index < -0.39 is 0 Å². The summed E-state index contributed by atoms with van der Waals surface area (Å²) < 4.78 is 1.67. The normalized spacial score (nSPS) is 10.6. The van der Waals surface area contributed by atoms with Crippen LogP contribution in [0.3, 0.4) is 0 Å². The van der Waals surface area contributed by atoms with Crippen LogP contribution in [-0.2, 0) is 6.54 Å². The summed E-state index contributed by atoms with van der Waals surface area (Å²) in [5.41, 5.74) is 1.03. The minimum atomic E-state index is 0.272. The first-order valence-electron chi connectivity index (χ1n) is 3.70. The molecule has 0 radical (unpaired) electrons. The highest BCUT2D eigenvalue weighted by molar-refractivity contribution is 7.09. The third-order valence-electron chi connectivity index (χ3n) is 1.47. The molecule has 2 aromatic heterocycles. The van der Waals surface area contributed by atoms with E-state index in [4.69, 9.17) is 11.6 Å². The minimum Gasteiger partial charge on any atom is -0.245 e. The van der Waals surface area contributed by atoms with E-state index in [0.29, 0.717) is 6.54 Å². The SMILES string of the molecule is Cc1csc(Cn2cnc(Cl)n2)n1. The number of aryl methyl sites for hydroxylation is 1. The van der Waals surface area contributed by atoms with Crippen LogP contribution in [0.2, 0.25) is 5.28 Å². The molecule has 0 spiro atoms. The van der Waals surface area contributed by atoms with Gasteiger partial charge in [0.05, 0.1) is 6.54 Å². The van der Waals surface area contributed by atoms with Gasteiger partial charge in [0.1, 0.15) is 11.3 Å². The van der Waals surface area contributed by atoms with Crippen molar-refractivity contribution in [2.75, 3.05) is 0 Å². The summed E-state index contributed by atoms with van der Waals surface area (Å²) in [7, 11) is 0. The van der Waals surface area contributed by atoms with Gasteiger partial charge in [-0.15, -0.1) is 16.4 Å². The van der Waals surface area contributed by atoms with Gasteiger partial charge in [0.15, 0.2) is 0 Å². The molecule has 0 saturated carbocycles. The molecule has 0 unspecified atom stereocenters. The molecule has 68 valence electrons. The van der Waals surface area contributed by atoms with Crippen molar-refractivity contribution in [2.45, 2.75) is 13.5 Å². The lowest BCUT2D eigenvalue weighted by atomic mass is 10.6. The second-order valence-electron chi connectivity index (χ2n) is 2.59. The van der Waals surface area contributed by atoms with Crippen LogP contribution < -0.4 is 0 Å². The lowest BCUT2D eigenvalue weighted by Gasteiger charge is -1.93. The maximum atomic E-state index is 5.57. The van der Waals surface area contributed by atoms with Crippen LogP contribution in [0.25, 0.3) is 0 Å². The van der Waals surface area contributed by atoms with Crippen LogP contribution in [0.15, 0.2) is 11.7 Å². The van der Waals surface area contributed by atoms with Crippen molar-refractivity contribution in [3.63, 3.8) is 0 Å². The zero-order chi connectivity index (χ0) is 9.26.